The fourth-order valence-corrected chi connectivity index (χ4v) is 2.52. The van der Waals surface area contributed by atoms with Gasteiger partial charge in [0.2, 0.25) is 0 Å². The number of halogens is 2. The first kappa shape index (κ1) is 14.1. The van der Waals surface area contributed by atoms with E-state index < -0.39 is 5.82 Å². The molecule has 1 aromatic heterocycles. The van der Waals surface area contributed by atoms with Crippen LogP contribution in [0.3, 0.4) is 0 Å². The summed E-state index contributed by atoms with van der Waals surface area (Å²) in [5, 5.41) is 2.91. The van der Waals surface area contributed by atoms with Crippen molar-refractivity contribution in [3.05, 3.63) is 52.8 Å². The quantitative estimate of drug-likeness (QED) is 0.923. The largest absolute Gasteiger partial charge is 0.350 e. The molecule has 1 saturated carbocycles. The zero-order valence-corrected chi connectivity index (χ0v) is 12.1. The van der Waals surface area contributed by atoms with Crippen molar-refractivity contribution in [1.29, 1.82) is 0 Å². The van der Waals surface area contributed by atoms with Crippen LogP contribution in [0.15, 0.2) is 30.6 Å². The van der Waals surface area contributed by atoms with Gasteiger partial charge in [0.05, 0.1) is 10.6 Å². The predicted octanol–water partition coefficient (Wildman–Crippen LogP) is 2.98. The summed E-state index contributed by atoms with van der Waals surface area (Å²) in [6.07, 6.45) is 6.08. The molecule has 1 aliphatic rings. The van der Waals surface area contributed by atoms with Crippen LogP contribution in [0, 0.1) is 5.82 Å². The molecule has 0 radical (unpaired) electrons. The highest BCUT2D eigenvalue weighted by Gasteiger charge is 2.27. The Bertz CT molecular complexity index is 667. The van der Waals surface area contributed by atoms with Crippen molar-refractivity contribution < 1.29 is 9.18 Å². The van der Waals surface area contributed by atoms with E-state index in [4.69, 9.17) is 11.6 Å². The number of imidazole rings is 1. The number of aromatic nitrogens is 2. The van der Waals surface area contributed by atoms with E-state index in [1.165, 1.54) is 25.0 Å². The summed E-state index contributed by atoms with van der Waals surface area (Å²) in [6, 6.07) is 3.75. The number of nitrogens with zero attached hydrogens (tertiary/aromatic N) is 2. The molecule has 0 spiro atoms. The number of amides is 1. The van der Waals surface area contributed by atoms with Crippen LogP contribution in [0.4, 0.5) is 4.39 Å². The third-order valence-corrected chi connectivity index (χ3v) is 3.82. The molecule has 1 heterocycles. The van der Waals surface area contributed by atoms with E-state index in [0.717, 1.165) is 11.9 Å². The molecule has 4 nitrogen and oxygen atoms in total. The number of carbonyl (C=O) groups excluding carboxylic acids is 1. The van der Waals surface area contributed by atoms with E-state index in [0.29, 0.717) is 19.0 Å². The lowest BCUT2D eigenvalue weighted by molar-refractivity contribution is 0.0952. The molecule has 6 heteroatoms. The Balaban J connectivity index is 1.57. The van der Waals surface area contributed by atoms with E-state index >= 15 is 0 Å². The number of carbonyl (C=O) groups is 1. The summed E-state index contributed by atoms with van der Waals surface area (Å²) in [5.74, 6) is 0.906. The Hall–Kier alpha value is -1.88. The van der Waals surface area contributed by atoms with Gasteiger partial charge in [-0.05, 0) is 31.0 Å². The Morgan fingerprint density at radius 3 is 3.00 bits per heavy atom. The molecule has 0 saturated heterocycles. The Kier molecular flexibility index (Phi) is 3.92. The van der Waals surface area contributed by atoms with Gasteiger partial charge in [-0.1, -0.05) is 11.6 Å². The minimum absolute atomic E-state index is 0.119. The van der Waals surface area contributed by atoms with Gasteiger partial charge in [-0.25, -0.2) is 9.37 Å². The zero-order chi connectivity index (χ0) is 14.8. The lowest BCUT2D eigenvalue weighted by Gasteiger charge is -2.09. The molecule has 0 aliphatic heterocycles. The van der Waals surface area contributed by atoms with Crippen molar-refractivity contribution in [3.8, 4) is 0 Å². The van der Waals surface area contributed by atoms with Crippen molar-refractivity contribution in [1.82, 2.24) is 14.9 Å². The number of benzene rings is 1. The number of hydrogen-bond donors (Lipinski definition) is 1. The van der Waals surface area contributed by atoms with E-state index in [9.17, 15) is 9.18 Å². The molecule has 1 N–H and O–H groups in total. The molecule has 1 amide bonds. The second-order valence-corrected chi connectivity index (χ2v) is 5.54. The third-order valence-electron chi connectivity index (χ3n) is 3.50. The maximum Gasteiger partial charge on any atom is 0.252 e. The van der Waals surface area contributed by atoms with Gasteiger partial charge in [-0.2, -0.15) is 0 Å². The van der Waals surface area contributed by atoms with Gasteiger partial charge in [-0.3, -0.25) is 4.79 Å². The SMILES string of the molecule is O=C(NCCn1ccnc1C1CC1)c1ccc(F)cc1Cl. The predicted molar refractivity (Wildman–Crippen MR) is 77.9 cm³/mol. The summed E-state index contributed by atoms with van der Waals surface area (Å²) in [5.41, 5.74) is 0.283. The first-order chi connectivity index (χ1) is 10.1. The second-order valence-electron chi connectivity index (χ2n) is 5.13. The topological polar surface area (TPSA) is 46.9 Å². The van der Waals surface area contributed by atoms with E-state index in [1.807, 2.05) is 6.20 Å². The Morgan fingerprint density at radius 1 is 1.48 bits per heavy atom. The van der Waals surface area contributed by atoms with Crippen LogP contribution in [0.25, 0.3) is 0 Å². The van der Waals surface area contributed by atoms with Crippen LogP contribution >= 0.6 is 11.6 Å². The molecule has 0 atom stereocenters. The maximum absolute atomic E-state index is 12.9. The fraction of sp³-hybridized carbons (Fsp3) is 0.333. The fourth-order valence-electron chi connectivity index (χ4n) is 2.27. The average Bonchev–Trinajstić information content (AvgIpc) is 3.18. The van der Waals surface area contributed by atoms with Gasteiger partial charge >= 0.3 is 0 Å². The monoisotopic (exact) mass is 307 g/mol. The minimum Gasteiger partial charge on any atom is -0.350 e. The zero-order valence-electron chi connectivity index (χ0n) is 11.4. The first-order valence-electron chi connectivity index (χ1n) is 6.89. The van der Waals surface area contributed by atoms with Crippen LogP contribution < -0.4 is 5.32 Å². The molecular formula is C15H15ClFN3O. The average molecular weight is 308 g/mol. The molecule has 110 valence electrons. The first-order valence-corrected chi connectivity index (χ1v) is 7.27. The molecule has 0 unspecified atom stereocenters. The van der Waals surface area contributed by atoms with E-state index in [-0.39, 0.29) is 16.5 Å². The van der Waals surface area contributed by atoms with E-state index in [1.54, 1.807) is 6.20 Å². The van der Waals surface area contributed by atoms with Gasteiger partial charge in [0.15, 0.2) is 0 Å². The van der Waals surface area contributed by atoms with Gasteiger partial charge in [0.25, 0.3) is 5.91 Å². The highest BCUT2D eigenvalue weighted by molar-refractivity contribution is 6.33. The van der Waals surface area contributed by atoms with Crippen molar-refractivity contribution in [2.24, 2.45) is 0 Å². The molecule has 1 aliphatic carbocycles. The minimum atomic E-state index is -0.455. The van der Waals surface area contributed by atoms with Gasteiger partial charge in [0, 0.05) is 31.4 Å². The van der Waals surface area contributed by atoms with Crippen LogP contribution in [-0.2, 0) is 6.54 Å². The Labute approximate surface area is 126 Å². The molecule has 0 bridgehead atoms. The second kappa shape index (κ2) is 5.85. The van der Waals surface area contributed by atoms with Crippen molar-refractivity contribution in [3.63, 3.8) is 0 Å². The summed E-state index contributed by atoms with van der Waals surface area (Å²) in [7, 11) is 0. The molecule has 3 rings (SSSR count). The summed E-state index contributed by atoms with van der Waals surface area (Å²) in [4.78, 5) is 16.3. The molecule has 21 heavy (non-hydrogen) atoms. The van der Waals surface area contributed by atoms with Crippen molar-refractivity contribution >= 4 is 17.5 Å². The lowest BCUT2D eigenvalue weighted by Crippen LogP contribution is -2.27. The highest BCUT2D eigenvalue weighted by Crippen LogP contribution is 2.38. The van der Waals surface area contributed by atoms with Crippen LogP contribution in [0.2, 0.25) is 5.02 Å². The van der Waals surface area contributed by atoms with Crippen LogP contribution in [0.5, 0.6) is 0 Å². The maximum atomic E-state index is 12.9. The van der Waals surface area contributed by atoms with Crippen molar-refractivity contribution in [2.75, 3.05) is 6.54 Å². The molecular weight excluding hydrogens is 293 g/mol. The standard InChI is InChI=1S/C15H15ClFN3O/c16-13-9-11(17)3-4-12(13)15(21)19-6-8-20-7-5-18-14(20)10-1-2-10/h3-5,7,9-10H,1-2,6,8H2,(H,19,21). The van der Waals surface area contributed by atoms with Gasteiger partial charge in [0.1, 0.15) is 11.6 Å². The van der Waals surface area contributed by atoms with E-state index in [2.05, 4.69) is 14.9 Å². The highest BCUT2D eigenvalue weighted by atomic mass is 35.5. The Morgan fingerprint density at radius 2 is 2.29 bits per heavy atom. The molecule has 1 aromatic carbocycles. The lowest BCUT2D eigenvalue weighted by atomic mass is 10.2. The summed E-state index contributed by atoms with van der Waals surface area (Å²) < 4.78 is 15.0. The van der Waals surface area contributed by atoms with Gasteiger partial charge in [-0.15, -0.1) is 0 Å². The molecule has 2 aromatic rings. The molecule has 1 fully saturated rings. The van der Waals surface area contributed by atoms with Crippen molar-refractivity contribution in [2.45, 2.75) is 25.3 Å². The number of nitrogens with one attached hydrogen (secondary N) is 1. The normalized spacial score (nSPS) is 14.2. The number of rotatable bonds is 5. The van der Waals surface area contributed by atoms with Crippen LogP contribution in [0.1, 0.15) is 34.9 Å². The van der Waals surface area contributed by atoms with Gasteiger partial charge < -0.3 is 9.88 Å². The van der Waals surface area contributed by atoms with Crippen LogP contribution in [-0.4, -0.2) is 22.0 Å². The third kappa shape index (κ3) is 3.24. The smallest absolute Gasteiger partial charge is 0.252 e. The summed E-state index contributed by atoms with van der Waals surface area (Å²) in [6.45, 7) is 1.14. The summed E-state index contributed by atoms with van der Waals surface area (Å²) >= 11 is 5.86. The number of hydrogen-bond acceptors (Lipinski definition) is 2.